The molecule has 1 aromatic heterocycles. The molecular formula is C27H38N6OY2-2. The number of rotatable bonds is 3. The van der Waals surface area contributed by atoms with Crippen molar-refractivity contribution in [1.29, 1.82) is 0 Å². The third kappa shape index (κ3) is 14.4. The zero-order valence-electron chi connectivity index (χ0n) is 21.5. The van der Waals surface area contributed by atoms with Crippen molar-refractivity contribution in [2.45, 2.75) is 54.4 Å². The first kappa shape index (κ1) is 39.1. The Hall–Kier alpha value is -1.42. The molecule has 0 aliphatic rings. The fourth-order valence-electron chi connectivity index (χ4n) is 2.28. The molecule has 36 heavy (non-hydrogen) atoms. The van der Waals surface area contributed by atoms with Crippen LogP contribution in [0.25, 0.3) is 10.5 Å². The number of ketones is 1. The van der Waals surface area contributed by atoms with Gasteiger partial charge in [0.25, 0.3) is 6.54 Å². The number of anilines is 2. The van der Waals surface area contributed by atoms with Crippen LogP contribution in [-0.4, -0.2) is 22.1 Å². The Balaban J connectivity index is -0.000000473. The molecule has 1 heterocycles. The van der Waals surface area contributed by atoms with E-state index < -0.39 is 0 Å². The van der Waals surface area contributed by atoms with Gasteiger partial charge in [0, 0.05) is 82.3 Å². The molecule has 0 saturated carbocycles. The molecule has 0 unspecified atom stereocenters. The van der Waals surface area contributed by atoms with E-state index in [9.17, 15) is 4.79 Å². The van der Waals surface area contributed by atoms with E-state index in [1.54, 1.807) is 10.7 Å². The number of nitrogens with two attached hydrogens (primary N) is 2. The minimum absolute atomic E-state index is 0. The summed E-state index contributed by atoms with van der Waals surface area (Å²) in [6, 6.07) is 22.8. The quantitative estimate of drug-likeness (QED) is 0.200. The maximum atomic E-state index is 10.9. The van der Waals surface area contributed by atoms with Gasteiger partial charge in [0.05, 0.1) is 5.69 Å². The Morgan fingerprint density at radius 3 is 1.94 bits per heavy atom. The molecule has 2 radical (unpaired) electrons. The average Bonchev–Trinajstić information content (AvgIpc) is 3.18. The SMILES string of the molecule is C.CC(C)(C)c1cc(N)n(-c2c[c-]ccc2)n1.NNc1c[c-]ccc1.[C-]#[N+]CC(=O)C(C)(C)C.[Y].[Y]. The van der Waals surface area contributed by atoms with Crippen LogP contribution in [0.5, 0.6) is 0 Å². The number of aromatic nitrogens is 2. The summed E-state index contributed by atoms with van der Waals surface area (Å²) in [5.74, 6) is 5.75. The smallest absolute Gasteiger partial charge is 0.272 e. The van der Waals surface area contributed by atoms with Crippen LogP contribution in [0, 0.1) is 24.1 Å². The molecule has 7 nitrogen and oxygen atoms in total. The second-order valence-electron chi connectivity index (χ2n) is 9.30. The minimum atomic E-state index is -0.343. The molecule has 3 rings (SSSR count). The molecule has 190 valence electrons. The molecule has 5 N–H and O–H groups in total. The van der Waals surface area contributed by atoms with Gasteiger partial charge in [-0.25, -0.2) is 6.57 Å². The topological polar surface area (TPSA) is 103 Å². The number of carbonyl (C=O) groups is 1. The molecule has 0 saturated heterocycles. The molecule has 0 bridgehead atoms. The Kier molecular flexibility index (Phi) is 20.4. The van der Waals surface area contributed by atoms with Crippen LogP contribution >= 0.6 is 0 Å². The van der Waals surface area contributed by atoms with Crippen LogP contribution in [0.1, 0.15) is 54.7 Å². The molecule has 0 aliphatic carbocycles. The fraction of sp³-hybridized carbons (Fsp3) is 0.370. The maximum absolute atomic E-state index is 10.9. The molecule has 0 atom stereocenters. The van der Waals surface area contributed by atoms with Crippen molar-refractivity contribution in [3.63, 3.8) is 0 Å². The second-order valence-corrected chi connectivity index (χ2v) is 9.30. The predicted octanol–water partition coefficient (Wildman–Crippen LogP) is 5.48. The van der Waals surface area contributed by atoms with Crippen molar-refractivity contribution in [2.75, 3.05) is 17.7 Å². The van der Waals surface area contributed by atoms with Crippen molar-refractivity contribution in [2.24, 2.45) is 11.3 Å². The summed E-state index contributed by atoms with van der Waals surface area (Å²) in [5.41, 5.74) is 10.9. The molecule has 2 aromatic carbocycles. The minimum Gasteiger partial charge on any atom is -0.384 e. The van der Waals surface area contributed by atoms with Gasteiger partial charge >= 0.3 is 0 Å². The number of benzene rings is 2. The molecule has 3 aromatic rings. The van der Waals surface area contributed by atoms with Gasteiger partial charge in [-0.1, -0.05) is 54.7 Å². The monoisotopic (exact) mass is 640 g/mol. The van der Waals surface area contributed by atoms with Crippen LogP contribution in [-0.2, 0) is 75.6 Å². The van der Waals surface area contributed by atoms with Crippen LogP contribution < -0.4 is 17.0 Å². The zero-order valence-corrected chi connectivity index (χ0v) is 27.1. The van der Waals surface area contributed by atoms with E-state index >= 15 is 0 Å². The summed E-state index contributed by atoms with van der Waals surface area (Å²) < 4.78 is 1.75. The first-order valence-corrected chi connectivity index (χ1v) is 10.5. The van der Waals surface area contributed by atoms with Gasteiger partial charge in [0.1, 0.15) is 5.82 Å². The molecular weight excluding hydrogens is 602 g/mol. The van der Waals surface area contributed by atoms with Gasteiger partial charge in [-0.05, 0) is 5.69 Å². The fourth-order valence-corrected chi connectivity index (χ4v) is 2.28. The largest absolute Gasteiger partial charge is 0.384 e. The standard InChI is InChI=1S/C13H16N3.C7H11NO.C6H7N2.CH4.2Y/c1-13(2,3)11-9-12(14)16(15-11)10-7-5-4-6-8-10;1-7(2,3)6(9)5-8-4;7-8-6-4-2-1-3-5-6;;;/h4-5,7-9H,14H2,1-3H3;5H2,1-3H3;1-2,4-5,8H,7H2;1H4;;/q-1;;-1;;;. The first-order valence-electron chi connectivity index (χ1n) is 10.5. The van der Waals surface area contributed by atoms with Gasteiger partial charge < -0.3 is 16.0 Å². The van der Waals surface area contributed by atoms with E-state index in [1.165, 1.54) is 0 Å². The number of hydrogen-bond donors (Lipinski definition) is 3. The Bertz CT molecular complexity index is 1030. The van der Waals surface area contributed by atoms with E-state index in [0.29, 0.717) is 5.82 Å². The third-order valence-corrected chi connectivity index (χ3v) is 4.37. The van der Waals surface area contributed by atoms with Gasteiger partial charge in [0.15, 0.2) is 0 Å². The molecule has 0 spiro atoms. The van der Waals surface area contributed by atoms with Crippen LogP contribution in [0.15, 0.2) is 54.6 Å². The summed E-state index contributed by atoms with van der Waals surface area (Å²) in [5, 5.41) is 4.52. The summed E-state index contributed by atoms with van der Waals surface area (Å²) in [4.78, 5) is 13.9. The molecule has 0 fully saturated rings. The predicted molar refractivity (Wildman–Crippen MR) is 141 cm³/mol. The number of nitrogens with one attached hydrogen (secondary N) is 1. The molecule has 0 amide bonds. The summed E-state index contributed by atoms with van der Waals surface area (Å²) in [7, 11) is 0. The van der Waals surface area contributed by atoms with Crippen LogP contribution in [0.3, 0.4) is 0 Å². The van der Waals surface area contributed by atoms with Gasteiger partial charge in [0.2, 0.25) is 5.78 Å². The average molecular weight is 640 g/mol. The van der Waals surface area contributed by atoms with E-state index in [0.717, 1.165) is 17.1 Å². The van der Waals surface area contributed by atoms with E-state index in [1.807, 2.05) is 69.3 Å². The third-order valence-electron chi connectivity index (χ3n) is 4.37. The number of hydrogen-bond acceptors (Lipinski definition) is 5. The van der Waals surface area contributed by atoms with Crippen molar-refractivity contribution in [1.82, 2.24) is 9.78 Å². The summed E-state index contributed by atoms with van der Waals surface area (Å²) in [6.45, 7) is 18.3. The van der Waals surface area contributed by atoms with Gasteiger partial charge in [-0.2, -0.15) is 53.6 Å². The molecule has 9 heteroatoms. The van der Waals surface area contributed by atoms with Crippen molar-refractivity contribution < 1.29 is 70.2 Å². The van der Waals surface area contributed by atoms with E-state index in [4.69, 9.17) is 18.1 Å². The number of nitrogens with zero attached hydrogens (tertiary/aromatic N) is 3. The molecule has 0 aliphatic heterocycles. The van der Waals surface area contributed by atoms with E-state index in [2.05, 4.69) is 48.3 Å². The number of hydrazine groups is 1. The Morgan fingerprint density at radius 2 is 1.64 bits per heavy atom. The maximum Gasteiger partial charge on any atom is 0.272 e. The summed E-state index contributed by atoms with van der Waals surface area (Å²) >= 11 is 0. The van der Waals surface area contributed by atoms with Crippen molar-refractivity contribution >= 4 is 17.3 Å². The van der Waals surface area contributed by atoms with Gasteiger partial charge in [-0.15, -0.1) is 12.1 Å². The number of Topliss-reactive ketones (excluding diaryl/α,β-unsaturated/α-hetero) is 1. The van der Waals surface area contributed by atoms with Crippen LogP contribution in [0.2, 0.25) is 0 Å². The van der Waals surface area contributed by atoms with Crippen LogP contribution in [0.4, 0.5) is 11.5 Å². The van der Waals surface area contributed by atoms with Crippen molar-refractivity contribution in [3.05, 3.63) is 83.8 Å². The normalized spacial score (nSPS) is 9.72. The first-order chi connectivity index (χ1) is 15.4. The van der Waals surface area contributed by atoms with E-state index in [-0.39, 0.29) is 96.0 Å². The number of nitrogen functional groups attached to an aromatic ring is 2. The number of carbonyl (C=O) groups excluding carboxylic acids is 1. The Morgan fingerprint density at radius 1 is 1.08 bits per heavy atom. The second kappa shape index (κ2) is 18.8. The van der Waals surface area contributed by atoms with Crippen molar-refractivity contribution in [3.8, 4) is 5.69 Å². The Labute approximate surface area is 267 Å². The summed E-state index contributed by atoms with van der Waals surface area (Å²) in [6.07, 6.45) is 0. The zero-order chi connectivity index (χ0) is 25.1. The van der Waals surface area contributed by atoms with Gasteiger partial charge in [-0.3, -0.25) is 15.3 Å².